The van der Waals surface area contributed by atoms with Crippen LogP contribution in [0.5, 0.6) is 0 Å². The van der Waals surface area contributed by atoms with Gasteiger partial charge in [-0.05, 0) is 69.3 Å². The second kappa shape index (κ2) is 10.4. The number of para-hydroxylation sites is 1. The number of rotatable bonds is 4. The molecule has 0 N–H and O–H groups in total. The molecule has 0 amide bonds. The van der Waals surface area contributed by atoms with Gasteiger partial charge in [0.25, 0.3) is 0 Å². The minimum Gasteiger partial charge on any atom is -0.455 e. The summed E-state index contributed by atoms with van der Waals surface area (Å²) >= 11 is 0. The number of furan rings is 1. The Labute approximate surface area is 284 Å². The van der Waals surface area contributed by atoms with Crippen molar-refractivity contribution in [1.29, 1.82) is 0 Å². The minimum absolute atomic E-state index is 0.0346. The molecule has 1 aliphatic rings. The molecule has 3 nitrogen and oxygen atoms in total. The second-order valence-electron chi connectivity index (χ2n) is 13.6. The number of aromatic nitrogens is 2. The standard InChI is InChI=1S/C46H32N2O/c1-46(2)39-16-7-6-13-35(39)36-24-22-33(28-40(36)46)32-23-25-41-38(27-32)37-15-10-14-34(45(37)49-41)29-18-20-31(21-19-29)44-43(30-11-4-3-5-12-30)47-42-17-8-9-26-48(42)44/h3-28H,1-2H3. The van der Waals surface area contributed by atoms with Crippen LogP contribution in [-0.2, 0) is 5.41 Å². The summed E-state index contributed by atoms with van der Waals surface area (Å²) < 4.78 is 8.78. The van der Waals surface area contributed by atoms with Crippen LogP contribution < -0.4 is 0 Å². The molecule has 0 radical (unpaired) electrons. The summed E-state index contributed by atoms with van der Waals surface area (Å²) in [7, 11) is 0. The Kier molecular flexibility index (Phi) is 5.92. The van der Waals surface area contributed by atoms with Gasteiger partial charge >= 0.3 is 0 Å². The lowest BCUT2D eigenvalue weighted by molar-refractivity contribution is 0.660. The second-order valence-corrected chi connectivity index (χ2v) is 13.6. The topological polar surface area (TPSA) is 30.4 Å². The summed E-state index contributed by atoms with van der Waals surface area (Å²) in [5.74, 6) is 0. The molecule has 0 aliphatic heterocycles. The predicted octanol–water partition coefficient (Wildman–Crippen LogP) is 12.2. The first-order valence-electron chi connectivity index (χ1n) is 16.9. The molecular formula is C46H32N2O. The molecule has 3 aromatic heterocycles. The van der Waals surface area contributed by atoms with Crippen LogP contribution in [0.3, 0.4) is 0 Å². The average molecular weight is 629 g/mol. The van der Waals surface area contributed by atoms with Gasteiger partial charge in [0.2, 0.25) is 0 Å². The summed E-state index contributed by atoms with van der Waals surface area (Å²) in [6, 6.07) is 54.2. The molecule has 3 heteroatoms. The summed E-state index contributed by atoms with van der Waals surface area (Å²) in [6.07, 6.45) is 2.09. The molecule has 1 aliphatic carbocycles. The van der Waals surface area contributed by atoms with E-state index < -0.39 is 0 Å². The van der Waals surface area contributed by atoms with E-state index in [0.29, 0.717) is 0 Å². The number of benzene rings is 6. The van der Waals surface area contributed by atoms with E-state index in [9.17, 15) is 0 Å². The van der Waals surface area contributed by atoms with E-state index in [2.05, 4.69) is 164 Å². The predicted molar refractivity (Wildman–Crippen MR) is 202 cm³/mol. The SMILES string of the molecule is CC1(C)c2ccccc2-c2ccc(-c3ccc4oc5c(-c6ccc(-c7c(-c8ccccc8)nc8ccccn78)cc6)cccc5c4c3)cc21. The first-order chi connectivity index (χ1) is 24.0. The Morgan fingerprint density at radius 2 is 1.20 bits per heavy atom. The molecule has 6 aromatic carbocycles. The van der Waals surface area contributed by atoms with Crippen LogP contribution in [0.15, 0.2) is 162 Å². The van der Waals surface area contributed by atoms with Crippen molar-refractivity contribution in [3.05, 3.63) is 169 Å². The molecule has 0 saturated carbocycles. The van der Waals surface area contributed by atoms with Gasteiger partial charge in [-0.25, -0.2) is 4.98 Å². The van der Waals surface area contributed by atoms with Crippen LogP contribution in [0.1, 0.15) is 25.0 Å². The van der Waals surface area contributed by atoms with Gasteiger partial charge in [0.05, 0.1) is 11.4 Å². The van der Waals surface area contributed by atoms with Crippen LogP contribution in [0.2, 0.25) is 0 Å². The number of pyridine rings is 1. The molecule has 0 saturated heterocycles. The summed E-state index contributed by atoms with van der Waals surface area (Å²) in [6.45, 7) is 4.67. The number of imidazole rings is 1. The van der Waals surface area contributed by atoms with Crippen LogP contribution in [-0.4, -0.2) is 9.38 Å². The van der Waals surface area contributed by atoms with Crippen LogP contribution in [0, 0.1) is 0 Å². The number of hydrogen-bond donors (Lipinski definition) is 0. The van der Waals surface area contributed by atoms with E-state index in [4.69, 9.17) is 9.40 Å². The Bertz CT molecular complexity index is 2730. The summed E-state index contributed by atoms with van der Waals surface area (Å²) in [4.78, 5) is 5.02. The lowest BCUT2D eigenvalue weighted by Crippen LogP contribution is -2.14. The summed E-state index contributed by atoms with van der Waals surface area (Å²) in [5.41, 5.74) is 17.1. The normalized spacial score (nSPS) is 13.3. The summed E-state index contributed by atoms with van der Waals surface area (Å²) in [5, 5.41) is 2.26. The Morgan fingerprint density at radius 3 is 2.08 bits per heavy atom. The molecule has 0 unspecified atom stereocenters. The molecule has 0 atom stereocenters. The van der Waals surface area contributed by atoms with E-state index in [1.807, 2.05) is 12.1 Å². The maximum Gasteiger partial charge on any atom is 0.143 e. The quantitative estimate of drug-likeness (QED) is 0.194. The number of nitrogens with zero attached hydrogens (tertiary/aromatic N) is 2. The van der Waals surface area contributed by atoms with Crippen molar-refractivity contribution >= 4 is 27.6 Å². The maximum absolute atomic E-state index is 6.60. The van der Waals surface area contributed by atoms with Crippen LogP contribution in [0.4, 0.5) is 0 Å². The van der Waals surface area contributed by atoms with Crippen molar-refractivity contribution in [1.82, 2.24) is 9.38 Å². The lowest BCUT2D eigenvalue weighted by Gasteiger charge is -2.22. The maximum atomic E-state index is 6.60. The van der Waals surface area contributed by atoms with Crippen molar-refractivity contribution < 1.29 is 4.42 Å². The van der Waals surface area contributed by atoms with Gasteiger partial charge < -0.3 is 4.42 Å². The molecule has 3 heterocycles. The first-order valence-corrected chi connectivity index (χ1v) is 16.9. The van der Waals surface area contributed by atoms with Gasteiger partial charge in [-0.3, -0.25) is 4.40 Å². The van der Waals surface area contributed by atoms with Gasteiger partial charge in [0.15, 0.2) is 0 Å². The fraction of sp³-hybridized carbons (Fsp3) is 0.0652. The molecule has 10 rings (SSSR count). The third kappa shape index (κ3) is 4.19. The van der Waals surface area contributed by atoms with Gasteiger partial charge in [0.1, 0.15) is 16.8 Å². The van der Waals surface area contributed by atoms with Crippen LogP contribution >= 0.6 is 0 Å². The molecule has 0 fully saturated rings. The smallest absolute Gasteiger partial charge is 0.143 e. The van der Waals surface area contributed by atoms with Gasteiger partial charge in [-0.15, -0.1) is 0 Å². The zero-order valence-corrected chi connectivity index (χ0v) is 27.3. The third-order valence-electron chi connectivity index (χ3n) is 10.5. The largest absolute Gasteiger partial charge is 0.455 e. The van der Waals surface area contributed by atoms with E-state index >= 15 is 0 Å². The van der Waals surface area contributed by atoms with E-state index in [1.165, 1.54) is 33.4 Å². The third-order valence-corrected chi connectivity index (χ3v) is 10.5. The fourth-order valence-corrected chi connectivity index (χ4v) is 7.97. The van der Waals surface area contributed by atoms with E-state index in [1.54, 1.807) is 0 Å². The Morgan fingerprint density at radius 1 is 0.510 bits per heavy atom. The van der Waals surface area contributed by atoms with E-state index in [-0.39, 0.29) is 5.41 Å². The van der Waals surface area contributed by atoms with Gasteiger partial charge in [-0.1, -0.05) is 135 Å². The highest BCUT2D eigenvalue weighted by atomic mass is 16.3. The van der Waals surface area contributed by atoms with Crippen molar-refractivity contribution in [3.63, 3.8) is 0 Å². The first kappa shape index (κ1) is 27.9. The highest BCUT2D eigenvalue weighted by Gasteiger charge is 2.35. The zero-order valence-electron chi connectivity index (χ0n) is 27.3. The zero-order chi connectivity index (χ0) is 32.7. The highest BCUT2D eigenvalue weighted by Crippen LogP contribution is 2.49. The van der Waals surface area contributed by atoms with E-state index in [0.717, 1.165) is 61.2 Å². The highest BCUT2D eigenvalue weighted by molar-refractivity contribution is 6.10. The molecular weight excluding hydrogens is 597 g/mol. The Hall–Kier alpha value is -6.19. The molecule has 232 valence electrons. The molecule has 0 bridgehead atoms. The van der Waals surface area contributed by atoms with Crippen molar-refractivity contribution in [2.75, 3.05) is 0 Å². The monoisotopic (exact) mass is 628 g/mol. The minimum atomic E-state index is -0.0346. The van der Waals surface area contributed by atoms with Crippen molar-refractivity contribution in [2.24, 2.45) is 0 Å². The van der Waals surface area contributed by atoms with Gasteiger partial charge in [0, 0.05) is 39.1 Å². The molecule has 9 aromatic rings. The van der Waals surface area contributed by atoms with Crippen molar-refractivity contribution in [2.45, 2.75) is 19.3 Å². The fourth-order valence-electron chi connectivity index (χ4n) is 7.97. The number of fused-ring (bicyclic) bond motifs is 7. The number of hydrogen-bond acceptors (Lipinski definition) is 2. The Balaban J connectivity index is 1.05. The average Bonchev–Trinajstić information content (AvgIpc) is 3.80. The van der Waals surface area contributed by atoms with Gasteiger partial charge in [-0.2, -0.15) is 0 Å². The van der Waals surface area contributed by atoms with Crippen molar-refractivity contribution in [3.8, 4) is 55.9 Å². The molecule has 0 spiro atoms. The lowest BCUT2D eigenvalue weighted by atomic mass is 9.81. The molecule has 49 heavy (non-hydrogen) atoms. The van der Waals surface area contributed by atoms with Crippen LogP contribution in [0.25, 0.3) is 83.5 Å².